The van der Waals surface area contributed by atoms with Gasteiger partial charge < -0.3 is 103 Å². The second-order valence-corrected chi connectivity index (χ2v) is 13.0. The molecule has 3 heterocycles. The SMILES string of the molecule is NC[C@@H]1O[C@H](O[C@H]2[C@@H](O)[C@H](O[C@@H]3[C@@H](O)[C@H](N)C[C@H](N)[C@H]3O[C@H]3O[C@H](CN)[C@@H](O)[C@H](OP(=O)(O)O)[C@H]3N)O[C@@H]2CO)[C@H](N)[C@@H](O)[C@@H]1O. The minimum Gasteiger partial charge on any atom is -0.394 e. The van der Waals surface area contributed by atoms with Gasteiger partial charge in [-0.3, -0.25) is 4.52 Å². The molecule has 0 bridgehead atoms. The zero-order valence-electron chi connectivity index (χ0n) is 24.6. The number of aliphatic hydroxyl groups excluding tert-OH is 6. The maximum Gasteiger partial charge on any atom is 0.470 e. The molecule has 19 atom stereocenters. The van der Waals surface area contributed by atoms with Crippen molar-refractivity contribution in [3.05, 3.63) is 0 Å². The maximum absolute atomic E-state index is 11.6. The highest BCUT2D eigenvalue weighted by molar-refractivity contribution is 7.46. The summed E-state index contributed by atoms with van der Waals surface area (Å²) in [5.41, 5.74) is 35.8. The zero-order valence-corrected chi connectivity index (χ0v) is 25.4. The standard InChI is InChI=1S/C23H47N6O16P/c24-2-7-13(32)15(34)10(28)21(39-7)43-18-9(4-30)41-23(16(18)35)44-20-12(31)5(26)1-6(27)17(20)42-22-11(29)19(45-46(36,37)38)14(33)8(3-25)40-22/h5-23,30-35H,1-4,24-29H2,(H2,36,37,38)/t5-,6+,7+,8-,9-,10-,11-,12+,13-,14-,15-,16-,17-,18-,19-,20-,21-,22-,23+/m1/s1. The number of hydrogen-bond donors (Lipinski definition) is 14. The van der Waals surface area contributed by atoms with E-state index in [1.807, 2.05) is 0 Å². The van der Waals surface area contributed by atoms with E-state index in [0.29, 0.717) is 0 Å². The predicted molar refractivity (Wildman–Crippen MR) is 149 cm³/mol. The van der Waals surface area contributed by atoms with Gasteiger partial charge in [0.1, 0.15) is 67.1 Å². The van der Waals surface area contributed by atoms with Crippen LogP contribution < -0.4 is 34.4 Å². The summed E-state index contributed by atoms with van der Waals surface area (Å²) in [6.07, 6.45) is -21.7. The molecule has 1 saturated carbocycles. The highest BCUT2D eigenvalue weighted by Crippen LogP contribution is 2.42. The Morgan fingerprint density at radius 1 is 0.609 bits per heavy atom. The fourth-order valence-electron chi connectivity index (χ4n) is 6.02. The fourth-order valence-corrected chi connectivity index (χ4v) is 6.60. The molecule has 0 amide bonds. The molecule has 4 fully saturated rings. The predicted octanol–water partition coefficient (Wildman–Crippen LogP) is -8.78. The summed E-state index contributed by atoms with van der Waals surface area (Å²) in [6, 6.07) is -4.73. The van der Waals surface area contributed by atoms with Gasteiger partial charge in [0, 0.05) is 25.2 Å². The molecule has 1 aliphatic carbocycles. The maximum atomic E-state index is 11.6. The molecular weight excluding hydrogens is 647 g/mol. The minimum atomic E-state index is -5.15. The van der Waals surface area contributed by atoms with Crippen molar-refractivity contribution in [3.63, 3.8) is 0 Å². The van der Waals surface area contributed by atoms with Gasteiger partial charge in [-0.2, -0.15) is 0 Å². The normalized spacial score (nSPS) is 50.5. The Hall–Kier alpha value is -0.610. The average molecular weight is 695 g/mol. The van der Waals surface area contributed by atoms with Gasteiger partial charge in [-0.1, -0.05) is 0 Å². The summed E-state index contributed by atoms with van der Waals surface area (Å²) in [7, 11) is -5.15. The summed E-state index contributed by atoms with van der Waals surface area (Å²) in [4.78, 5) is 18.7. The van der Waals surface area contributed by atoms with Crippen LogP contribution in [0.5, 0.6) is 0 Å². The molecule has 0 unspecified atom stereocenters. The molecule has 4 rings (SSSR count). The largest absolute Gasteiger partial charge is 0.470 e. The quantitative estimate of drug-likeness (QED) is 0.0892. The van der Waals surface area contributed by atoms with Crippen molar-refractivity contribution >= 4 is 7.82 Å². The molecule has 23 heteroatoms. The van der Waals surface area contributed by atoms with Crippen molar-refractivity contribution in [2.75, 3.05) is 19.7 Å². The van der Waals surface area contributed by atoms with E-state index in [0.717, 1.165) is 0 Å². The molecule has 3 aliphatic heterocycles. The second kappa shape index (κ2) is 15.5. The van der Waals surface area contributed by atoms with E-state index in [-0.39, 0.29) is 19.5 Å². The first-order chi connectivity index (χ1) is 21.5. The molecular formula is C23H47N6O16P. The summed E-state index contributed by atoms with van der Waals surface area (Å²) in [5.74, 6) is 0. The third-order valence-corrected chi connectivity index (χ3v) is 9.12. The number of aliphatic hydroxyl groups is 6. The molecule has 22 nitrogen and oxygen atoms in total. The van der Waals surface area contributed by atoms with Gasteiger partial charge in [0.15, 0.2) is 18.9 Å². The first-order valence-electron chi connectivity index (χ1n) is 14.6. The molecule has 0 spiro atoms. The van der Waals surface area contributed by atoms with Crippen LogP contribution in [-0.2, 0) is 37.5 Å². The van der Waals surface area contributed by atoms with Gasteiger partial charge in [0.2, 0.25) is 0 Å². The third-order valence-electron chi connectivity index (χ3n) is 8.60. The lowest BCUT2D eigenvalue weighted by Crippen LogP contribution is -2.68. The minimum absolute atomic E-state index is 0.00845. The van der Waals surface area contributed by atoms with Crippen molar-refractivity contribution in [2.45, 2.75) is 123 Å². The van der Waals surface area contributed by atoms with Crippen LogP contribution in [-0.4, -0.2) is 176 Å². The zero-order chi connectivity index (χ0) is 34.2. The molecule has 0 aromatic carbocycles. The Kier molecular flexibility index (Phi) is 12.9. The van der Waals surface area contributed by atoms with Gasteiger partial charge in [-0.05, 0) is 6.42 Å². The topological polar surface area (TPSA) is 400 Å². The highest BCUT2D eigenvalue weighted by atomic mass is 31.2. The number of ether oxygens (including phenoxy) is 6. The Balaban J connectivity index is 1.52. The van der Waals surface area contributed by atoms with Gasteiger partial charge in [0.05, 0.1) is 24.8 Å². The van der Waals surface area contributed by atoms with Gasteiger partial charge >= 0.3 is 7.82 Å². The Bertz CT molecular complexity index is 1040. The molecule has 4 aliphatic rings. The fraction of sp³-hybridized carbons (Fsp3) is 1.00. The summed E-state index contributed by atoms with van der Waals surface area (Å²) < 4.78 is 50.9. The summed E-state index contributed by atoms with van der Waals surface area (Å²) in [5, 5.41) is 63.2. The van der Waals surface area contributed by atoms with Gasteiger partial charge in [0.25, 0.3) is 0 Å². The highest BCUT2D eigenvalue weighted by Gasteiger charge is 2.55. The first-order valence-corrected chi connectivity index (χ1v) is 16.2. The molecule has 270 valence electrons. The van der Waals surface area contributed by atoms with Crippen LogP contribution in [0.1, 0.15) is 6.42 Å². The van der Waals surface area contributed by atoms with Crippen LogP contribution in [0.2, 0.25) is 0 Å². The lowest BCUT2D eigenvalue weighted by atomic mass is 9.84. The van der Waals surface area contributed by atoms with E-state index in [1.165, 1.54) is 0 Å². The number of nitrogens with two attached hydrogens (primary N) is 6. The van der Waals surface area contributed by atoms with Crippen molar-refractivity contribution in [1.82, 2.24) is 0 Å². The summed E-state index contributed by atoms with van der Waals surface area (Å²) >= 11 is 0. The van der Waals surface area contributed by atoms with E-state index in [2.05, 4.69) is 0 Å². The third kappa shape index (κ3) is 8.05. The molecule has 0 aromatic heterocycles. The second-order valence-electron chi connectivity index (χ2n) is 11.8. The van der Waals surface area contributed by atoms with E-state index < -0.39 is 131 Å². The van der Waals surface area contributed by atoms with Crippen LogP contribution >= 0.6 is 7.82 Å². The Morgan fingerprint density at radius 3 is 1.70 bits per heavy atom. The van der Waals surface area contributed by atoms with Gasteiger partial charge in [-0.25, -0.2) is 4.57 Å². The molecule has 46 heavy (non-hydrogen) atoms. The number of phosphoric ester groups is 1. The molecule has 0 aromatic rings. The smallest absolute Gasteiger partial charge is 0.394 e. The number of rotatable bonds is 11. The van der Waals surface area contributed by atoms with Crippen LogP contribution in [0.15, 0.2) is 0 Å². The Labute approximate surface area is 262 Å². The molecule has 0 radical (unpaired) electrons. The average Bonchev–Trinajstić information content (AvgIpc) is 3.29. The lowest BCUT2D eigenvalue weighted by molar-refractivity contribution is -0.305. The van der Waals surface area contributed by atoms with Crippen molar-refractivity contribution in [2.24, 2.45) is 34.4 Å². The van der Waals surface area contributed by atoms with E-state index in [1.54, 1.807) is 0 Å². The lowest BCUT2D eigenvalue weighted by Gasteiger charge is -2.47. The number of phosphoric acid groups is 1. The van der Waals surface area contributed by atoms with Crippen LogP contribution in [0.3, 0.4) is 0 Å². The number of hydrogen-bond acceptors (Lipinski definition) is 20. The summed E-state index contributed by atoms with van der Waals surface area (Å²) in [6.45, 7) is -1.23. The van der Waals surface area contributed by atoms with Crippen molar-refractivity contribution in [1.29, 1.82) is 0 Å². The monoisotopic (exact) mass is 694 g/mol. The van der Waals surface area contributed by atoms with Crippen LogP contribution in [0, 0.1) is 0 Å². The van der Waals surface area contributed by atoms with Crippen LogP contribution in [0.4, 0.5) is 0 Å². The molecule has 20 N–H and O–H groups in total. The van der Waals surface area contributed by atoms with E-state index in [4.69, 9.17) is 67.3 Å². The first kappa shape index (κ1) is 38.2. The molecule has 3 saturated heterocycles. The van der Waals surface area contributed by atoms with E-state index in [9.17, 15) is 45.0 Å². The van der Waals surface area contributed by atoms with Crippen LogP contribution in [0.25, 0.3) is 0 Å². The Morgan fingerprint density at radius 2 is 1.13 bits per heavy atom. The van der Waals surface area contributed by atoms with E-state index >= 15 is 0 Å². The van der Waals surface area contributed by atoms with Crippen molar-refractivity contribution < 1.29 is 77.9 Å². The van der Waals surface area contributed by atoms with Crippen molar-refractivity contribution in [3.8, 4) is 0 Å². The van der Waals surface area contributed by atoms with Gasteiger partial charge in [-0.15, -0.1) is 0 Å².